The van der Waals surface area contributed by atoms with E-state index < -0.39 is 71.4 Å². The van der Waals surface area contributed by atoms with Gasteiger partial charge in [0.25, 0.3) is 6.47 Å². The zero-order valence-electron chi connectivity index (χ0n) is 27.6. The Balaban J connectivity index is 0.00000131. The maximum Gasteiger partial charge on any atom is 0.416 e. The summed E-state index contributed by atoms with van der Waals surface area (Å²) in [4.78, 5) is 23.0. The third-order valence-electron chi connectivity index (χ3n) is 7.64. The van der Waals surface area contributed by atoms with Crippen LogP contribution in [0.1, 0.15) is 67.5 Å². The largest absolute Gasteiger partial charge is 0.496 e. The van der Waals surface area contributed by atoms with Gasteiger partial charge in [0.15, 0.2) is 11.6 Å². The van der Waals surface area contributed by atoms with Gasteiger partial charge < -0.3 is 18.9 Å². The molecule has 17 heteroatoms. The Morgan fingerprint density at radius 2 is 1.43 bits per heavy atom. The van der Waals surface area contributed by atoms with E-state index >= 15 is 0 Å². The van der Waals surface area contributed by atoms with Crippen molar-refractivity contribution in [3.63, 3.8) is 0 Å². The van der Waals surface area contributed by atoms with Crippen molar-refractivity contribution in [2.45, 2.75) is 70.8 Å². The number of benzene rings is 3. The lowest BCUT2D eigenvalue weighted by molar-refractivity contribution is -0.143. The standard InChI is InChI=1S/C31H27F10NO4.C3H6O2/c1-4-5-8-45-26-13-23(25(44-3)14-24(26)32)22-7-6-19(29(33,34)35)11-18(22)15-42-16(2)27(46-28(42)43)17-9-20(30(36,37)38)12-21(10-17)31(39,40)41;1-2-5-3-4/h6-7,9-14,16,27H,4-5,8,15H2,1-3H3;3H,2H2,1H3/t16-,27-;/m0./s1. The molecule has 0 spiro atoms. The summed E-state index contributed by atoms with van der Waals surface area (Å²) in [7, 11) is 1.20. The number of carbonyl (C=O) groups excluding carboxylic acids is 2. The third-order valence-corrected chi connectivity index (χ3v) is 7.64. The van der Waals surface area contributed by atoms with Crippen LogP contribution in [0.15, 0.2) is 48.5 Å². The van der Waals surface area contributed by atoms with Crippen molar-refractivity contribution < 1.29 is 72.4 Å². The van der Waals surface area contributed by atoms with Gasteiger partial charge in [-0.05, 0) is 73.4 Å². The van der Waals surface area contributed by atoms with Crippen LogP contribution >= 0.6 is 0 Å². The van der Waals surface area contributed by atoms with Gasteiger partial charge in [-0.15, -0.1) is 0 Å². The van der Waals surface area contributed by atoms with E-state index in [2.05, 4.69) is 4.74 Å². The zero-order chi connectivity index (χ0) is 38.3. The summed E-state index contributed by atoms with van der Waals surface area (Å²) >= 11 is 0. The Labute approximate surface area is 286 Å². The Kier molecular flexibility index (Phi) is 13.2. The molecule has 3 aromatic rings. The Hall–Kier alpha value is -4.70. The van der Waals surface area contributed by atoms with E-state index in [0.717, 1.165) is 35.6 Å². The molecule has 0 saturated carbocycles. The minimum atomic E-state index is -5.16. The number of methoxy groups -OCH3 is 1. The van der Waals surface area contributed by atoms with E-state index in [1.165, 1.54) is 20.1 Å². The number of unbranched alkanes of at least 4 members (excludes halogenated alkanes) is 1. The fourth-order valence-electron chi connectivity index (χ4n) is 5.07. The van der Waals surface area contributed by atoms with Crippen molar-refractivity contribution in [2.24, 2.45) is 0 Å². The van der Waals surface area contributed by atoms with Gasteiger partial charge in [0.05, 0.1) is 49.6 Å². The number of carbonyl (C=O) groups is 2. The number of halogens is 10. The predicted octanol–water partition coefficient (Wildman–Crippen LogP) is 10.00. The van der Waals surface area contributed by atoms with Gasteiger partial charge in [0.1, 0.15) is 11.9 Å². The minimum Gasteiger partial charge on any atom is -0.496 e. The Morgan fingerprint density at radius 1 is 0.824 bits per heavy atom. The van der Waals surface area contributed by atoms with Crippen LogP contribution in [0.2, 0.25) is 0 Å². The average molecular weight is 742 g/mol. The average Bonchev–Trinajstić information content (AvgIpc) is 3.33. The quantitative estimate of drug-likeness (QED) is 0.111. The summed E-state index contributed by atoms with van der Waals surface area (Å²) in [6.45, 7) is 5.34. The smallest absolute Gasteiger partial charge is 0.416 e. The highest BCUT2D eigenvalue weighted by Crippen LogP contribution is 2.44. The van der Waals surface area contributed by atoms with Gasteiger partial charge in [0, 0.05) is 11.6 Å². The molecule has 3 aromatic carbocycles. The van der Waals surface area contributed by atoms with E-state index in [0.29, 0.717) is 31.6 Å². The molecule has 0 bridgehead atoms. The number of cyclic esters (lactones) is 1. The van der Waals surface area contributed by atoms with E-state index in [1.807, 2.05) is 6.92 Å². The second kappa shape index (κ2) is 16.5. The van der Waals surface area contributed by atoms with Crippen molar-refractivity contribution in [3.05, 3.63) is 82.2 Å². The topological polar surface area (TPSA) is 74.3 Å². The SMILES string of the molecule is CCCCOc1cc(-c2ccc(C(F)(F)F)cc2CN2C(=O)O[C@H](c3cc(C(F)(F)F)cc(C(F)(F)F)c3)[C@@H]2C)c(OC)cc1F.CCOC=O. The fraction of sp³-hybridized carbons (Fsp3) is 0.412. The molecule has 0 aromatic heterocycles. The van der Waals surface area contributed by atoms with Crippen LogP contribution in [0.4, 0.5) is 48.7 Å². The second-order valence-corrected chi connectivity index (χ2v) is 11.1. The van der Waals surface area contributed by atoms with Crippen LogP contribution in [-0.4, -0.2) is 43.8 Å². The summed E-state index contributed by atoms with van der Waals surface area (Å²) in [6, 6.07) is 4.31. The van der Waals surface area contributed by atoms with Gasteiger partial charge in [-0.25, -0.2) is 9.18 Å². The molecule has 51 heavy (non-hydrogen) atoms. The molecule has 1 aliphatic rings. The van der Waals surface area contributed by atoms with E-state index in [4.69, 9.17) is 14.2 Å². The van der Waals surface area contributed by atoms with Crippen molar-refractivity contribution >= 4 is 12.6 Å². The molecule has 1 heterocycles. The van der Waals surface area contributed by atoms with Crippen molar-refractivity contribution in [1.82, 2.24) is 4.90 Å². The van der Waals surface area contributed by atoms with E-state index in [-0.39, 0.29) is 40.9 Å². The summed E-state index contributed by atoms with van der Waals surface area (Å²) in [5.74, 6) is -1.10. The zero-order valence-corrected chi connectivity index (χ0v) is 27.6. The van der Waals surface area contributed by atoms with Crippen LogP contribution in [0.5, 0.6) is 11.5 Å². The van der Waals surface area contributed by atoms with Crippen molar-refractivity contribution in [2.75, 3.05) is 20.3 Å². The molecule has 0 aliphatic carbocycles. The number of hydrogen-bond acceptors (Lipinski definition) is 6. The number of ether oxygens (including phenoxy) is 4. The number of amides is 1. The number of rotatable bonds is 11. The first-order chi connectivity index (χ1) is 23.8. The second-order valence-electron chi connectivity index (χ2n) is 11.1. The van der Waals surface area contributed by atoms with Crippen LogP contribution in [0.25, 0.3) is 11.1 Å². The maximum absolute atomic E-state index is 14.8. The van der Waals surface area contributed by atoms with E-state index in [1.54, 1.807) is 6.92 Å². The predicted molar refractivity (Wildman–Crippen MR) is 162 cm³/mol. The lowest BCUT2D eigenvalue weighted by atomic mass is 9.94. The molecular weight excluding hydrogens is 708 g/mol. The third kappa shape index (κ3) is 10.2. The van der Waals surface area contributed by atoms with Gasteiger partial charge in [-0.2, -0.15) is 39.5 Å². The summed E-state index contributed by atoms with van der Waals surface area (Å²) < 4.78 is 157. The number of alkyl halides is 9. The van der Waals surface area contributed by atoms with Crippen molar-refractivity contribution in [1.29, 1.82) is 0 Å². The minimum absolute atomic E-state index is 0.0621. The highest BCUT2D eigenvalue weighted by atomic mass is 19.4. The summed E-state index contributed by atoms with van der Waals surface area (Å²) in [5, 5.41) is 0. The monoisotopic (exact) mass is 741 g/mol. The Bertz CT molecular complexity index is 1640. The molecule has 4 rings (SSSR count). The molecule has 1 fully saturated rings. The molecule has 0 radical (unpaired) electrons. The highest BCUT2D eigenvalue weighted by Gasteiger charge is 2.44. The van der Waals surface area contributed by atoms with Crippen LogP contribution in [0.3, 0.4) is 0 Å². The summed E-state index contributed by atoms with van der Waals surface area (Å²) in [6.07, 6.45) is -16.7. The van der Waals surface area contributed by atoms with Gasteiger partial charge >= 0.3 is 24.6 Å². The van der Waals surface area contributed by atoms with Crippen LogP contribution in [-0.2, 0) is 39.3 Å². The number of nitrogens with zero attached hydrogens (tertiary/aromatic N) is 1. The van der Waals surface area contributed by atoms with E-state index in [9.17, 15) is 53.5 Å². The normalized spacial score (nSPS) is 16.3. The van der Waals surface area contributed by atoms with Gasteiger partial charge in [-0.3, -0.25) is 9.69 Å². The highest BCUT2D eigenvalue weighted by molar-refractivity contribution is 5.77. The first-order valence-corrected chi connectivity index (χ1v) is 15.3. The molecule has 1 aliphatic heterocycles. The molecule has 280 valence electrons. The van der Waals surface area contributed by atoms with Crippen LogP contribution < -0.4 is 9.47 Å². The van der Waals surface area contributed by atoms with Crippen LogP contribution in [0, 0.1) is 5.82 Å². The molecule has 7 nitrogen and oxygen atoms in total. The first kappa shape index (κ1) is 40.7. The van der Waals surface area contributed by atoms with Crippen molar-refractivity contribution in [3.8, 4) is 22.6 Å². The fourth-order valence-corrected chi connectivity index (χ4v) is 5.07. The molecular formula is C34H33F10NO6. The molecule has 0 N–H and O–H groups in total. The maximum atomic E-state index is 14.8. The lowest BCUT2D eigenvalue weighted by Gasteiger charge is -2.24. The molecule has 1 amide bonds. The summed E-state index contributed by atoms with van der Waals surface area (Å²) in [5.41, 5.74) is -4.96. The molecule has 1 saturated heterocycles. The Morgan fingerprint density at radius 3 is 1.92 bits per heavy atom. The molecule has 0 unspecified atom stereocenters. The van der Waals surface area contributed by atoms with Gasteiger partial charge in [0.2, 0.25) is 0 Å². The van der Waals surface area contributed by atoms with Gasteiger partial charge in [-0.1, -0.05) is 19.4 Å². The number of hydrogen-bond donors (Lipinski definition) is 0. The first-order valence-electron chi connectivity index (χ1n) is 15.3. The molecule has 2 atom stereocenters. The lowest BCUT2D eigenvalue weighted by Crippen LogP contribution is -2.32.